The fourth-order valence-electron chi connectivity index (χ4n) is 3.75. The minimum Gasteiger partial charge on any atom is -0.463 e. The average molecular weight is 404 g/mol. The summed E-state index contributed by atoms with van der Waals surface area (Å²) in [6.45, 7) is 2.95. The highest BCUT2D eigenvalue weighted by Gasteiger charge is 2.12. The summed E-state index contributed by atoms with van der Waals surface area (Å²) < 4.78 is 6.78. The molecule has 0 fully saturated rings. The highest BCUT2D eigenvalue weighted by atomic mass is 16.5. The molecule has 1 aromatic heterocycles. The van der Waals surface area contributed by atoms with Crippen LogP contribution in [0, 0.1) is 0 Å². The van der Waals surface area contributed by atoms with Crippen molar-refractivity contribution in [2.45, 2.75) is 45.6 Å². The fourth-order valence-corrected chi connectivity index (χ4v) is 3.75. The van der Waals surface area contributed by atoms with E-state index >= 15 is 0 Å². The number of para-hydroxylation sites is 1. The van der Waals surface area contributed by atoms with Gasteiger partial charge in [-0.15, -0.1) is 0 Å². The van der Waals surface area contributed by atoms with Crippen molar-refractivity contribution in [3.63, 3.8) is 0 Å². The quantitative estimate of drug-likeness (QED) is 0.256. The minimum absolute atomic E-state index is 0.241. The first-order chi connectivity index (χ1) is 14.6. The number of carbonyl (C=O) groups excluding carboxylic acids is 2. The monoisotopic (exact) mass is 403 g/mol. The predicted octanol–water partition coefficient (Wildman–Crippen LogP) is 5.48. The van der Waals surface area contributed by atoms with E-state index in [9.17, 15) is 9.59 Å². The number of carbonyl (C=O) groups is 2. The maximum atomic E-state index is 11.5. The Labute approximate surface area is 178 Å². The molecule has 0 unspecified atom stereocenters. The molecule has 0 saturated heterocycles. The molecule has 30 heavy (non-hydrogen) atoms. The molecule has 0 bridgehead atoms. The lowest BCUT2D eigenvalue weighted by Crippen LogP contribution is -2.14. The Morgan fingerprint density at radius 2 is 1.73 bits per heavy atom. The Morgan fingerprint density at radius 1 is 1.00 bits per heavy atom. The van der Waals surface area contributed by atoms with E-state index in [2.05, 4.69) is 77.0 Å². The Hall–Kier alpha value is -3.14. The molecule has 0 aliphatic heterocycles. The summed E-state index contributed by atoms with van der Waals surface area (Å²) in [7, 11) is 1.24. The van der Waals surface area contributed by atoms with Crippen molar-refractivity contribution in [3.05, 3.63) is 83.6 Å². The average Bonchev–Trinajstić information content (AvgIpc) is 3.11. The number of hydrogen-bond donors (Lipinski definition) is 0. The maximum absolute atomic E-state index is 11.5. The van der Waals surface area contributed by atoms with E-state index in [1.807, 2.05) is 6.07 Å². The minimum atomic E-state index is -0.747. The van der Waals surface area contributed by atoms with Crippen LogP contribution in [0.3, 0.4) is 0 Å². The van der Waals surface area contributed by atoms with Crippen molar-refractivity contribution in [1.82, 2.24) is 4.57 Å². The number of benzene rings is 2. The molecule has 3 rings (SSSR count). The first-order valence-corrected chi connectivity index (χ1v) is 10.5. The number of fused-ring (bicyclic) bond motifs is 1. The van der Waals surface area contributed by atoms with Crippen molar-refractivity contribution < 1.29 is 14.3 Å². The van der Waals surface area contributed by atoms with Crippen molar-refractivity contribution in [1.29, 1.82) is 0 Å². The molecule has 1 heterocycles. The molecule has 0 spiro atoms. The van der Waals surface area contributed by atoms with Crippen molar-refractivity contribution in [2.24, 2.45) is 0 Å². The van der Waals surface area contributed by atoms with E-state index in [0.29, 0.717) is 6.42 Å². The van der Waals surface area contributed by atoms with Crippen LogP contribution in [-0.2, 0) is 27.3 Å². The van der Waals surface area contributed by atoms with Gasteiger partial charge in [0, 0.05) is 30.1 Å². The third kappa shape index (κ3) is 5.69. The zero-order valence-corrected chi connectivity index (χ0v) is 17.8. The molecule has 0 amide bonds. The van der Waals surface area contributed by atoms with Gasteiger partial charge in [-0.2, -0.15) is 0 Å². The van der Waals surface area contributed by atoms with Crippen LogP contribution in [0.5, 0.6) is 0 Å². The first kappa shape index (κ1) is 21.6. The van der Waals surface area contributed by atoms with Crippen LogP contribution >= 0.6 is 0 Å². The molecular formula is C26H29NO3. The van der Waals surface area contributed by atoms with E-state index in [1.54, 1.807) is 0 Å². The van der Waals surface area contributed by atoms with E-state index in [1.165, 1.54) is 34.7 Å². The van der Waals surface area contributed by atoms with Gasteiger partial charge in [0.15, 0.2) is 0 Å². The highest BCUT2D eigenvalue weighted by molar-refractivity contribution is 6.33. The third-order valence-corrected chi connectivity index (χ3v) is 5.36. The number of methoxy groups -OCH3 is 1. The predicted molar refractivity (Wildman–Crippen MR) is 120 cm³/mol. The van der Waals surface area contributed by atoms with Gasteiger partial charge in [-0.3, -0.25) is 4.79 Å². The van der Waals surface area contributed by atoms with E-state index < -0.39 is 11.8 Å². The standard InChI is InChI=1S/C26H29NO3/c1-20(11-9-17-25(28)26(29)30-2)10-8-14-22-19-27(18-21-12-4-3-5-13-21)24-16-7-6-15-23(22)24/h3-7,10,12-13,15-16,19H,8-9,11,14,17-18H2,1-2H3/b20-10+. The SMILES string of the molecule is COC(=O)C(=O)CCC/C(C)=C/CCc1cn(Cc2ccccc2)c2ccccc12. The molecule has 0 aliphatic rings. The number of ketones is 1. The molecular weight excluding hydrogens is 374 g/mol. The summed E-state index contributed by atoms with van der Waals surface area (Å²) in [5, 5.41) is 1.31. The summed E-state index contributed by atoms with van der Waals surface area (Å²) in [6.07, 6.45) is 8.18. The molecule has 2 aromatic carbocycles. The van der Waals surface area contributed by atoms with Crippen LogP contribution in [0.25, 0.3) is 10.9 Å². The van der Waals surface area contributed by atoms with Gasteiger partial charge in [0.05, 0.1) is 7.11 Å². The van der Waals surface area contributed by atoms with Crippen molar-refractivity contribution in [3.8, 4) is 0 Å². The number of Topliss-reactive ketones (excluding diaryl/α,β-unsaturated/α-hetero) is 1. The van der Waals surface area contributed by atoms with Crippen molar-refractivity contribution in [2.75, 3.05) is 7.11 Å². The summed E-state index contributed by atoms with van der Waals surface area (Å²) >= 11 is 0. The number of hydrogen-bond acceptors (Lipinski definition) is 3. The Balaban J connectivity index is 1.60. The van der Waals surface area contributed by atoms with Gasteiger partial charge in [0.2, 0.25) is 5.78 Å². The fraction of sp³-hybridized carbons (Fsp3) is 0.308. The maximum Gasteiger partial charge on any atom is 0.374 e. The van der Waals surface area contributed by atoms with Gasteiger partial charge < -0.3 is 9.30 Å². The van der Waals surface area contributed by atoms with Gasteiger partial charge in [0.1, 0.15) is 0 Å². The zero-order chi connectivity index (χ0) is 21.3. The van der Waals surface area contributed by atoms with Crippen LogP contribution in [0.1, 0.15) is 43.7 Å². The van der Waals surface area contributed by atoms with Crippen LogP contribution in [0.4, 0.5) is 0 Å². The van der Waals surface area contributed by atoms with E-state index in [-0.39, 0.29) is 6.42 Å². The number of allylic oxidation sites excluding steroid dienone is 2. The van der Waals surface area contributed by atoms with Crippen LogP contribution in [-0.4, -0.2) is 23.4 Å². The Kier molecular flexibility index (Phi) is 7.61. The van der Waals surface area contributed by atoms with E-state index in [0.717, 1.165) is 25.8 Å². The summed E-state index contributed by atoms with van der Waals surface area (Å²) in [5.74, 6) is -1.19. The number of aryl methyl sites for hydroxylation is 1. The smallest absolute Gasteiger partial charge is 0.374 e. The van der Waals surface area contributed by atoms with Crippen LogP contribution in [0.2, 0.25) is 0 Å². The van der Waals surface area contributed by atoms with Gasteiger partial charge in [-0.05, 0) is 49.8 Å². The number of ether oxygens (including phenoxy) is 1. The van der Waals surface area contributed by atoms with E-state index in [4.69, 9.17) is 0 Å². The Bertz CT molecular complexity index is 1030. The summed E-state index contributed by atoms with van der Waals surface area (Å²) in [5.41, 5.74) is 5.16. The largest absolute Gasteiger partial charge is 0.463 e. The number of rotatable bonds is 10. The second-order valence-electron chi connectivity index (χ2n) is 7.64. The zero-order valence-electron chi connectivity index (χ0n) is 17.8. The summed E-state index contributed by atoms with van der Waals surface area (Å²) in [6, 6.07) is 19.1. The number of aromatic nitrogens is 1. The Morgan fingerprint density at radius 3 is 2.50 bits per heavy atom. The molecule has 4 nitrogen and oxygen atoms in total. The number of nitrogens with zero attached hydrogens (tertiary/aromatic N) is 1. The normalized spacial score (nSPS) is 11.6. The first-order valence-electron chi connectivity index (χ1n) is 10.5. The highest BCUT2D eigenvalue weighted by Crippen LogP contribution is 2.24. The summed E-state index contributed by atoms with van der Waals surface area (Å²) in [4.78, 5) is 22.7. The molecule has 0 radical (unpaired) electrons. The molecule has 0 atom stereocenters. The second kappa shape index (κ2) is 10.6. The lowest BCUT2D eigenvalue weighted by Gasteiger charge is -2.05. The van der Waals surface area contributed by atoms with Gasteiger partial charge in [0.25, 0.3) is 0 Å². The molecule has 4 heteroatoms. The van der Waals surface area contributed by atoms with Gasteiger partial charge in [-0.1, -0.05) is 60.2 Å². The lowest BCUT2D eigenvalue weighted by atomic mass is 10.0. The lowest BCUT2D eigenvalue weighted by molar-refractivity contribution is -0.151. The second-order valence-corrected chi connectivity index (χ2v) is 7.64. The molecule has 0 aliphatic carbocycles. The van der Waals surface area contributed by atoms with Gasteiger partial charge >= 0.3 is 5.97 Å². The molecule has 3 aromatic rings. The topological polar surface area (TPSA) is 48.3 Å². The van der Waals surface area contributed by atoms with Crippen LogP contribution in [0.15, 0.2) is 72.4 Å². The molecule has 0 saturated carbocycles. The van der Waals surface area contributed by atoms with Gasteiger partial charge in [-0.25, -0.2) is 4.79 Å². The molecule has 156 valence electrons. The number of esters is 1. The third-order valence-electron chi connectivity index (χ3n) is 5.36. The van der Waals surface area contributed by atoms with Crippen LogP contribution < -0.4 is 0 Å². The molecule has 0 N–H and O–H groups in total. The van der Waals surface area contributed by atoms with Crippen molar-refractivity contribution >= 4 is 22.7 Å².